The van der Waals surface area contributed by atoms with E-state index in [9.17, 15) is 8.42 Å². The van der Waals surface area contributed by atoms with E-state index in [1.165, 1.54) is 44.2 Å². The number of fused-ring (bicyclic) bond motifs is 1. The molecule has 1 saturated carbocycles. The molecular formula is C23H29N3O3S2. The minimum absolute atomic E-state index is 0.123. The maximum absolute atomic E-state index is 13.0. The molecule has 3 aromatic rings. The molecule has 2 N–H and O–H groups in total. The van der Waals surface area contributed by atoms with Crippen LogP contribution >= 0.6 is 12.6 Å². The van der Waals surface area contributed by atoms with Crippen LogP contribution in [0.25, 0.3) is 11.1 Å². The van der Waals surface area contributed by atoms with Crippen molar-refractivity contribution in [2.75, 3.05) is 4.72 Å². The van der Waals surface area contributed by atoms with Crippen molar-refractivity contribution in [1.82, 2.24) is 10.3 Å². The lowest BCUT2D eigenvalue weighted by atomic mass is 9.85. The number of thiol groups is 1. The van der Waals surface area contributed by atoms with Crippen molar-refractivity contribution in [3.8, 4) is 0 Å². The van der Waals surface area contributed by atoms with Crippen molar-refractivity contribution in [3.05, 3.63) is 48.0 Å². The smallest absolute Gasteiger partial charge is 0.262 e. The van der Waals surface area contributed by atoms with Gasteiger partial charge in [-0.25, -0.2) is 13.4 Å². The molecule has 1 atom stereocenters. The third kappa shape index (κ3) is 5.61. The van der Waals surface area contributed by atoms with Crippen LogP contribution in [-0.2, 0) is 16.6 Å². The summed E-state index contributed by atoms with van der Waals surface area (Å²) in [7, 11) is -3.77. The molecule has 0 amide bonds. The van der Waals surface area contributed by atoms with Crippen LogP contribution in [0, 0.1) is 5.92 Å². The minimum atomic E-state index is -3.77. The summed E-state index contributed by atoms with van der Waals surface area (Å²) >= 11 is 4.07. The van der Waals surface area contributed by atoms with Gasteiger partial charge in [-0.05, 0) is 43.0 Å². The number of aromatic nitrogens is 1. The summed E-state index contributed by atoms with van der Waals surface area (Å²) in [5.41, 5.74) is 2.45. The van der Waals surface area contributed by atoms with Gasteiger partial charge in [0, 0.05) is 18.7 Å². The van der Waals surface area contributed by atoms with Crippen molar-refractivity contribution in [1.29, 1.82) is 0 Å². The number of nitrogens with zero attached hydrogens (tertiary/aromatic N) is 1. The molecule has 1 aromatic heterocycles. The monoisotopic (exact) mass is 459 g/mol. The Kier molecular flexibility index (Phi) is 6.89. The maximum atomic E-state index is 13.0. The van der Waals surface area contributed by atoms with Gasteiger partial charge in [0.05, 0.1) is 10.6 Å². The number of hydrogen-bond donors (Lipinski definition) is 3. The molecule has 0 radical (unpaired) electrons. The third-order valence-corrected chi connectivity index (χ3v) is 7.53. The first-order valence-electron chi connectivity index (χ1n) is 10.8. The van der Waals surface area contributed by atoms with Crippen LogP contribution in [0.2, 0.25) is 0 Å². The molecule has 166 valence electrons. The van der Waals surface area contributed by atoms with Gasteiger partial charge in [0.25, 0.3) is 15.2 Å². The van der Waals surface area contributed by atoms with Crippen LogP contribution in [0.1, 0.15) is 51.0 Å². The number of nitrogens with one attached hydrogen (secondary N) is 2. The van der Waals surface area contributed by atoms with Gasteiger partial charge in [-0.15, -0.1) is 0 Å². The molecule has 0 saturated heterocycles. The zero-order chi connectivity index (χ0) is 21.8. The molecule has 0 bridgehead atoms. The lowest BCUT2D eigenvalue weighted by molar-refractivity contribution is 0.305. The van der Waals surface area contributed by atoms with Gasteiger partial charge >= 0.3 is 0 Å². The molecular weight excluding hydrogens is 430 g/mol. The SMILES string of the molecule is C[C@@H](CC1CCCCC1)NCc1ccccc1NS(=O)(=O)c1ccc2nc(S)oc2c1. The highest BCUT2D eigenvalue weighted by molar-refractivity contribution is 7.92. The normalized spacial score (nSPS) is 16.5. The van der Waals surface area contributed by atoms with Gasteiger partial charge in [0.1, 0.15) is 5.52 Å². The fraction of sp³-hybridized carbons (Fsp3) is 0.435. The Hall–Kier alpha value is -2.03. The van der Waals surface area contributed by atoms with E-state index >= 15 is 0 Å². The number of benzene rings is 2. The van der Waals surface area contributed by atoms with Crippen molar-refractivity contribution in [3.63, 3.8) is 0 Å². The van der Waals surface area contributed by atoms with Crippen molar-refractivity contribution in [2.45, 2.75) is 68.2 Å². The van der Waals surface area contributed by atoms with Crippen molar-refractivity contribution < 1.29 is 12.8 Å². The second kappa shape index (κ2) is 9.63. The van der Waals surface area contributed by atoms with E-state index in [1.807, 2.05) is 18.2 Å². The molecule has 1 heterocycles. The first-order valence-corrected chi connectivity index (χ1v) is 12.8. The molecule has 0 aliphatic heterocycles. The summed E-state index contributed by atoms with van der Waals surface area (Å²) in [6.45, 7) is 2.82. The van der Waals surface area contributed by atoms with Gasteiger partial charge in [-0.1, -0.05) is 62.9 Å². The molecule has 1 aliphatic rings. The number of rotatable bonds is 8. The van der Waals surface area contributed by atoms with Gasteiger partial charge in [-0.2, -0.15) is 0 Å². The van der Waals surface area contributed by atoms with Crippen LogP contribution in [0.3, 0.4) is 0 Å². The zero-order valence-electron chi connectivity index (χ0n) is 17.7. The van der Waals surface area contributed by atoms with Crippen molar-refractivity contribution >= 4 is 39.4 Å². The van der Waals surface area contributed by atoms with E-state index < -0.39 is 10.0 Å². The first kappa shape index (κ1) is 22.2. The number of hydrogen-bond acceptors (Lipinski definition) is 6. The lowest BCUT2D eigenvalue weighted by Gasteiger charge is -2.25. The fourth-order valence-electron chi connectivity index (χ4n) is 4.33. The highest BCUT2D eigenvalue weighted by Gasteiger charge is 2.19. The minimum Gasteiger partial charge on any atom is -0.431 e. The predicted molar refractivity (Wildman–Crippen MR) is 126 cm³/mol. The highest BCUT2D eigenvalue weighted by Crippen LogP contribution is 2.28. The van der Waals surface area contributed by atoms with Crippen LogP contribution in [0.15, 0.2) is 57.0 Å². The summed E-state index contributed by atoms with van der Waals surface area (Å²) in [5, 5.41) is 3.78. The quantitative estimate of drug-likeness (QED) is 0.395. The second-order valence-electron chi connectivity index (χ2n) is 8.41. The molecule has 4 rings (SSSR count). The Morgan fingerprint density at radius 2 is 1.94 bits per heavy atom. The molecule has 1 fully saturated rings. The topological polar surface area (TPSA) is 84.2 Å². The lowest BCUT2D eigenvalue weighted by Crippen LogP contribution is -2.29. The molecule has 0 spiro atoms. The second-order valence-corrected chi connectivity index (χ2v) is 10.5. The number of sulfonamides is 1. The highest BCUT2D eigenvalue weighted by atomic mass is 32.2. The Labute approximate surface area is 189 Å². The largest absolute Gasteiger partial charge is 0.431 e. The molecule has 31 heavy (non-hydrogen) atoms. The third-order valence-electron chi connectivity index (χ3n) is 5.97. The average Bonchev–Trinajstić information content (AvgIpc) is 3.13. The average molecular weight is 460 g/mol. The van der Waals surface area contributed by atoms with Gasteiger partial charge in [0.2, 0.25) is 0 Å². The summed E-state index contributed by atoms with van der Waals surface area (Å²) in [6, 6.07) is 12.5. The first-order chi connectivity index (χ1) is 14.9. The Morgan fingerprint density at radius 1 is 1.16 bits per heavy atom. The molecule has 1 aliphatic carbocycles. The van der Waals surface area contributed by atoms with Crippen molar-refractivity contribution in [2.24, 2.45) is 5.92 Å². The number of oxazole rings is 1. The summed E-state index contributed by atoms with van der Waals surface area (Å²) in [6.07, 6.45) is 7.87. The Morgan fingerprint density at radius 3 is 2.74 bits per heavy atom. The van der Waals surface area contributed by atoms with Gasteiger partial charge in [-0.3, -0.25) is 4.72 Å². The van der Waals surface area contributed by atoms with Gasteiger partial charge < -0.3 is 9.73 Å². The van der Waals surface area contributed by atoms with E-state index in [0.717, 1.165) is 17.9 Å². The fourth-order valence-corrected chi connectivity index (χ4v) is 5.65. The van der Waals surface area contributed by atoms with Crippen LogP contribution < -0.4 is 10.0 Å². The number of anilines is 1. The Bertz CT molecular complexity index is 1140. The zero-order valence-corrected chi connectivity index (χ0v) is 19.4. The van der Waals surface area contributed by atoms with E-state index in [4.69, 9.17) is 4.42 Å². The van der Waals surface area contributed by atoms with Crippen LogP contribution in [0.4, 0.5) is 5.69 Å². The summed E-state index contributed by atoms with van der Waals surface area (Å²) < 4.78 is 34.1. The molecule has 6 nitrogen and oxygen atoms in total. The molecule has 8 heteroatoms. The maximum Gasteiger partial charge on any atom is 0.262 e. The van der Waals surface area contributed by atoms with Gasteiger partial charge in [0.15, 0.2) is 5.58 Å². The van der Waals surface area contributed by atoms with E-state index in [2.05, 4.69) is 34.6 Å². The van der Waals surface area contributed by atoms with Crippen LogP contribution in [0.5, 0.6) is 0 Å². The molecule has 2 aromatic carbocycles. The van der Waals surface area contributed by atoms with E-state index in [-0.39, 0.29) is 10.1 Å². The standard InChI is InChI=1S/C23H29N3O3S2/c1-16(13-17-7-3-2-4-8-17)24-15-18-9-5-6-10-20(18)26-31(27,28)19-11-12-21-22(14-19)29-23(30)25-21/h5-6,9-12,14,16-17,24,26H,2-4,7-8,13,15H2,1H3,(H,25,30)/t16-/m0/s1. The Balaban J connectivity index is 1.44. The van der Waals surface area contributed by atoms with Crippen LogP contribution in [-0.4, -0.2) is 19.4 Å². The molecule has 0 unspecified atom stereocenters. The number of para-hydroxylation sites is 1. The van der Waals surface area contributed by atoms with E-state index in [0.29, 0.717) is 29.4 Å². The predicted octanol–water partition coefficient (Wildman–Crippen LogP) is 5.37. The summed E-state index contributed by atoms with van der Waals surface area (Å²) in [4.78, 5) is 4.21. The van der Waals surface area contributed by atoms with E-state index in [1.54, 1.807) is 12.1 Å². The summed E-state index contributed by atoms with van der Waals surface area (Å²) in [5.74, 6) is 0.800.